The van der Waals surface area contributed by atoms with E-state index in [9.17, 15) is 4.79 Å². The van der Waals surface area contributed by atoms with Crippen LogP contribution in [0.5, 0.6) is 0 Å². The molecule has 0 aliphatic carbocycles. The number of rotatable bonds is 5. The minimum absolute atomic E-state index is 0.0884. The van der Waals surface area contributed by atoms with E-state index >= 15 is 0 Å². The molecule has 0 bridgehead atoms. The highest BCUT2D eigenvalue weighted by molar-refractivity contribution is 5.84. The van der Waals surface area contributed by atoms with E-state index in [0.29, 0.717) is 12.3 Å². The molecule has 2 heteroatoms. The van der Waals surface area contributed by atoms with Crippen molar-refractivity contribution in [2.75, 3.05) is 6.61 Å². The van der Waals surface area contributed by atoms with Crippen LogP contribution >= 0.6 is 0 Å². The summed E-state index contributed by atoms with van der Waals surface area (Å²) in [5, 5.41) is 8.84. The first-order valence-electron chi connectivity index (χ1n) is 4.96. The maximum absolute atomic E-state index is 11.8. The van der Waals surface area contributed by atoms with Gasteiger partial charge in [0.2, 0.25) is 0 Å². The van der Waals surface area contributed by atoms with Crippen LogP contribution in [0.15, 0.2) is 0 Å². The van der Waals surface area contributed by atoms with E-state index in [4.69, 9.17) is 5.11 Å². The summed E-state index contributed by atoms with van der Waals surface area (Å²) in [6, 6.07) is 0. The first-order valence-corrected chi connectivity index (χ1v) is 4.96. The molecule has 1 unspecified atom stereocenters. The van der Waals surface area contributed by atoms with E-state index in [1.807, 2.05) is 20.8 Å². The summed E-state index contributed by atoms with van der Waals surface area (Å²) in [6.45, 7) is 10.1. The molecule has 0 radical (unpaired) electrons. The van der Waals surface area contributed by atoms with Gasteiger partial charge in [0.25, 0.3) is 0 Å². The molecule has 0 aromatic heterocycles. The maximum atomic E-state index is 11.8. The van der Waals surface area contributed by atoms with E-state index in [-0.39, 0.29) is 23.7 Å². The number of aliphatic hydroxyl groups is 1. The number of carbonyl (C=O) groups excluding carboxylic acids is 1. The van der Waals surface area contributed by atoms with Gasteiger partial charge in [-0.25, -0.2) is 0 Å². The number of aliphatic hydroxyl groups excluding tert-OH is 1. The van der Waals surface area contributed by atoms with E-state index < -0.39 is 0 Å². The zero-order valence-electron chi connectivity index (χ0n) is 9.42. The minimum Gasteiger partial charge on any atom is -0.396 e. The summed E-state index contributed by atoms with van der Waals surface area (Å²) in [5.74, 6) is 0.695. The van der Waals surface area contributed by atoms with Crippen molar-refractivity contribution in [2.24, 2.45) is 17.3 Å². The van der Waals surface area contributed by atoms with Gasteiger partial charge < -0.3 is 5.11 Å². The second kappa shape index (κ2) is 4.75. The molecule has 1 atom stereocenters. The molecule has 0 saturated heterocycles. The highest BCUT2D eigenvalue weighted by Gasteiger charge is 2.31. The van der Waals surface area contributed by atoms with Crippen molar-refractivity contribution in [3.8, 4) is 0 Å². The van der Waals surface area contributed by atoms with Crippen molar-refractivity contribution in [3.63, 3.8) is 0 Å². The largest absolute Gasteiger partial charge is 0.396 e. The van der Waals surface area contributed by atoms with Crippen LogP contribution in [-0.4, -0.2) is 17.5 Å². The van der Waals surface area contributed by atoms with Crippen molar-refractivity contribution in [1.29, 1.82) is 0 Å². The second-order valence-electron chi connectivity index (χ2n) is 4.79. The van der Waals surface area contributed by atoms with Gasteiger partial charge in [-0.15, -0.1) is 0 Å². The zero-order chi connectivity index (χ0) is 10.6. The van der Waals surface area contributed by atoms with Crippen LogP contribution in [0.2, 0.25) is 0 Å². The molecule has 0 aliphatic rings. The van der Waals surface area contributed by atoms with Crippen LogP contribution in [0.1, 0.15) is 41.0 Å². The summed E-state index contributed by atoms with van der Waals surface area (Å²) in [6.07, 6.45) is 0.488. The summed E-state index contributed by atoms with van der Waals surface area (Å²) < 4.78 is 0. The molecular formula is C11H22O2. The zero-order valence-corrected chi connectivity index (χ0v) is 9.42. The highest BCUT2D eigenvalue weighted by atomic mass is 16.3. The molecular weight excluding hydrogens is 164 g/mol. The lowest BCUT2D eigenvalue weighted by molar-refractivity contribution is -0.130. The van der Waals surface area contributed by atoms with Crippen LogP contribution in [0.25, 0.3) is 0 Å². The van der Waals surface area contributed by atoms with Crippen LogP contribution in [0, 0.1) is 17.3 Å². The van der Waals surface area contributed by atoms with E-state index in [1.165, 1.54) is 0 Å². The minimum atomic E-state index is -0.260. The van der Waals surface area contributed by atoms with E-state index in [0.717, 1.165) is 0 Å². The quantitative estimate of drug-likeness (QED) is 0.715. The molecule has 0 amide bonds. The number of ketones is 1. The second-order valence-corrected chi connectivity index (χ2v) is 4.79. The van der Waals surface area contributed by atoms with Gasteiger partial charge in [0.1, 0.15) is 5.78 Å². The van der Waals surface area contributed by atoms with Gasteiger partial charge in [0, 0.05) is 18.4 Å². The Kier molecular flexibility index (Phi) is 4.62. The Balaban J connectivity index is 4.25. The molecule has 0 fully saturated rings. The third-order valence-electron chi connectivity index (χ3n) is 3.01. The van der Waals surface area contributed by atoms with Crippen LogP contribution in [0.4, 0.5) is 0 Å². The normalized spacial score (nSPS) is 14.7. The smallest absolute Gasteiger partial charge is 0.139 e. The lowest BCUT2D eigenvalue weighted by Gasteiger charge is -2.28. The summed E-state index contributed by atoms with van der Waals surface area (Å²) in [5.41, 5.74) is -0.260. The van der Waals surface area contributed by atoms with Crippen LogP contribution in [0.3, 0.4) is 0 Å². The first-order chi connectivity index (χ1) is 5.82. The van der Waals surface area contributed by atoms with Gasteiger partial charge in [-0.1, -0.05) is 34.6 Å². The molecule has 13 heavy (non-hydrogen) atoms. The van der Waals surface area contributed by atoms with Gasteiger partial charge >= 0.3 is 0 Å². The number of Topliss-reactive ketones (excluding diaryl/α,β-unsaturated/α-hetero) is 1. The summed E-state index contributed by atoms with van der Waals surface area (Å²) in [7, 11) is 0. The number of carbonyl (C=O) groups is 1. The van der Waals surface area contributed by atoms with Gasteiger partial charge in [0.05, 0.1) is 0 Å². The highest BCUT2D eigenvalue weighted by Crippen LogP contribution is 2.29. The van der Waals surface area contributed by atoms with Crippen molar-refractivity contribution < 1.29 is 9.90 Å². The fraction of sp³-hybridized carbons (Fsp3) is 0.909. The third-order valence-corrected chi connectivity index (χ3v) is 3.01. The third kappa shape index (κ3) is 3.47. The molecule has 0 aliphatic heterocycles. The number of hydrogen-bond donors (Lipinski definition) is 1. The molecule has 0 aromatic rings. The van der Waals surface area contributed by atoms with E-state index in [1.54, 1.807) is 0 Å². The van der Waals surface area contributed by atoms with Gasteiger partial charge in [-0.3, -0.25) is 4.79 Å². The Morgan fingerprint density at radius 1 is 1.31 bits per heavy atom. The lowest BCUT2D eigenvalue weighted by atomic mass is 9.75. The molecule has 0 rings (SSSR count). The predicted molar refractivity (Wildman–Crippen MR) is 54.5 cm³/mol. The first kappa shape index (κ1) is 12.6. The molecule has 0 spiro atoms. The molecule has 78 valence electrons. The van der Waals surface area contributed by atoms with Gasteiger partial charge in [0.15, 0.2) is 0 Å². The molecule has 0 saturated carbocycles. The molecule has 1 N–H and O–H groups in total. The molecule has 2 nitrogen and oxygen atoms in total. The Morgan fingerprint density at radius 2 is 1.77 bits per heavy atom. The Morgan fingerprint density at radius 3 is 2.08 bits per heavy atom. The standard InChI is InChI=1S/C11H22O2/c1-8(2)11(4,5)10(13)6-9(3)7-12/h8-9,12H,6-7H2,1-5H3. The van der Waals surface area contributed by atoms with Crippen molar-refractivity contribution >= 4 is 5.78 Å². The fourth-order valence-corrected chi connectivity index (χ4v) is 0.966. The van der Waals surface area contributed by atoms with Crippen LogP contribution < -0.4 is 0 Å². The average Bonchev–Trinajstić information content (AvgIpc) is 2.03. The maximum Gasteiger partial charge on any atom is 0.139 e. The molecule has 0 aromatic carbocycles. The lowest BCUT2D eigenvalue weighted by Crippen LogP contribution is -2.31. The monoisotopic (exact) mass is 186 g/mol. The Bertz CT molecular complexity index is 171. The van der Waals surface area contributed by atoms with Crippen molar-refractivity contribution in [1.82, 2.24) is 0 Å². The van der Waals surface area contributed by atoms with Gasteiger partial charge in [-0.2, -0.15) is 0 Å². The van der Waals surface area contributed by atoms with Gasteiger partial charge in [-0.05, 0) is 11.8 Å². The fourth-order valence-electron chi connectivity index (χ4n) is 0.966. The SMILES string of the molecule is CC(CO)CC(=O)C(C)(C)C(C)C. The van der Waals surface area contributed by atoms with E-state index in [2.05, 4.69) is 13.8 Å². The Hall–Kier alpha value is -0.370. The average molecular weight is 186 g/mol. The summed E-state index contributed by atoms with van der Waals surface area (Å²) in [4.78, 5) is 11.8. The number of hydrogen-bond acceptors (Lipinski definition) is 2. The topological polar surface area (TPSA) is 37.3 Å². The van der Waals surface area contributed by atoms with Crippen molar-refractivity contribution in [2.45, 2.75) is 41.0 Å². The van der Waals surface area contributed by atoms with Crippen LogP contribution in [-0.2, 0) is 4.79 Å². The molecule has 0 heterocycles. The Labute approximate surface area is 81.3 Å². The predicted octanol–water partition coefficient (Wildman–Crippen LogP) is 2.26. The van der Waals surface area contributed by atoms with Crippen molar-refractivity contribution in [3.05, 3.63) is 0 Å². The summed E-state index contributed by atoms with van der Waals surface area (Å²) >= 11 is 0.